The second-order valence-corrected chi connectivity index (χ2v) is 5.01. The van der Waals surface area contributed by atoms with Crippen molar-refractivity contribution >= 4 is 11.6 Å². The van der Waals surface area contributed by atoms with Gasteiger partial charge >= 0.3 is 0 Å². The van der Waals surface area contributed by atoms with Crippen LogP contribution in [0.2, 0.25) is 0 Å². The van der Waals surface area contributed by atoms with E-state index in [1.807, 2.05) is 53.9 Å². The molecule has 2 rings (SSSR count). The van der Waals surface area contributed by atoms with Crippen molar-refractivity contribution in [2.45, 2.75) is 13.5 Å². The van der Waals surface area contributed by atoms with Crippen LogP contribution in [-0.4, -0.2) is 40.6 Å². The number of amides is 1. The summed E-state index contributed by atoms with van der Waals surface area (Å²) in [5, 5.41) is 2.89. The third-order valence-corrected chi connectivity index (χ3v) is 3.48. The van der Waals surface area contributed by atoms with Crippen LogP contribution in [0.5, 0.6) is 5.75 Å². The first-order valence-corrected chi connectivity index (χ1v) is 7.25. The highest BCUT2D eigenvalue weighted by atomic mass is 16.5. The van der Waals surface area contributed by atoms with E-state index >= 15 is 0 Å². The number of likely N-dealkylation sites (N-methyl/N-ethyl adjacent to an activating group) is 1. The molecular formula is C16H22N4O2. The lowest BCUT2D eigenvalue weighted by Gasteiger charge is -2.20. The molecule has 0 fully saturated rings. The summed E-state index contributed by atoms with van der Waals surface area (Å²) in [6.07, 6.45) is 3.66. The molecule has 6 nitrogen and oxygen atoms in total. The minimum absolute atomic E-state index is 0.0689. The van der Waals surface area contributed by atoms with E-state index in [2.05, 4.69) is 10.3 Å². The van der Waals surface area contributed by atoms with Crippen LogP contribution in [0.15, 0.2) is 36.7 Å². The van der Waals surface area contributed by atoms with Crippen molar-refractivity contribution in [3.05, 3.63) is 42.5 Å². The van der Waals surface area contributed by atoms with E-state index in [1.165, 1.54) is 0 Å². The number of methoxy groups -OCH3 is 1. The summed E-state index contributed by atoms with van der Waals surface area (Å²) in [5.41, 5.74) is 0.683. The molecule has 0 spiro atoms. The Morgan fingerprint density at radius 3 is 2.82 bits per heavy atom. The number of hydrogen-bond acceptors (Lipinski definition) is 4. The van der Waals surface area contributed by atoms with Crippen molar-refractivity contribution in [3.63, 3.8) is 0 Å². The van der Waals surface area contributed by atoms with E-state index in [0.717, 1.165) is 12.4 Å². The van der Waals surface area contributed by atoms with E-state index in [1.54, 1.807) is 13.3 Å². The summed E-state index contributed by atoms with van der Waals surface area (Å²) in [4.78, 5) is 18.6. The molecule has 0 saturated carbocycles. The molecule has 1 N–H and O–H groups in total. The normalized spacial score (nSPS) is 10.7. The molecule has 0 aliphatic rings. The van der Waals surface area contributed by atoms with Gasteiger partial charge in [-0.1, -0.05) is 19.1 Å². The van der Waals surface area contributed by atoms with Crippen LogP contribution in [0.1, 0.15) is 12.7 Å². The average Bonchev–Trinajstić information content (AvgIpc) is 2.92. The first kappa shape index (κ1) is 16.0. The van der Waals surface area contributed by atoms with Crippen LogP contribution in [-0.2, 0) is 18.4 Å². The Morgan fingerprint density at radius 2 is 2.18 bits per heavy atom. The zero-order chi connectivity index (χ0) is 15.9. The van der Waals surface area contributed by atoms with Crippen LogP contribution in [0, 0.1) is 0 Å². The van der Waals surface area contributed by atoms with Gasteiger partial charge in [-0.2, -0.15) is 0 Å². The Hall–Kier alpha value is -2.34. The highest BCUT2D eigenvalue weighted by molar-refractivity contribution is 5.93. The molecule has 1 amide bonds. The van der Waals surface area contributed by atoms with E-state index in [4.69, 9.17) is 4.74 Å². The summed E-state index contributed by atoms with van der Waals surface area (Å²) >= 11 is 0. The smallest absolute Gasteiger partial charge is 0.238 e. The fourth-order valence-electron chi connectivity index (χ4n) is 2.17. The van der Waals surface area contributed by atoms with Gasteiger partial charge in [0.15, 0.2) is 0 Å². The number of anilines is 1. The SMILES string of the molecule is CCN(CC(=O)Nc1ccccc1OC)Cc1nccn1C. The number of nitrogens with one attached hydrogen (secondary N) is 1. The number of aromatic nitrogens is 2. The number of ether oxygens (including phenoxy) is 1. The second kappa shape index (κ2) is 7.61. The molecule has 0 aliphatic heterocycles. The molecule has 0 bridgehead atoms. The molecule has 1 aromatic heterocycles. The van der Waals surface area contributed by atoms with Crippen molar-refractivity contribution in [1.82, 2.24) is 14.5 Å². The van der Waals surface area contributed by atoms with Crippen LogP contribution < -0.4 is 10.1 Å². The number of nitrogens with zero attached hydrogens (tertiary/aromatic N) is 3. The second-order valence-electron chi connectivity index (χ2n) is 5.01. The number of para-hydroxylation sites is 2. The first-order valence-electron chi connectivity index (χ1n) is 7.25. The summed E-state index contributed by atoms with van der Waals surface area (Å²) < 4.78 is 7.20. The summed E-state index contributed by atoms with van der Waals surface area (Å²) in [5.74, 6) is 1.52. The van der Waals surface area contributed by atoms with Crippen molar-refractivity contribution in [2.24, 2.45) is 7.05 Å². The van der Waals surface area contributed by atoms with E-state index in [9.17, 15) is 4.79 Å². The standard InChI is InChI=1S/C16H22N4O2/c1-4-20(11-15-17-9-10-19(15)2)12-16(21)18-13-7-5-6-8-14(13)22-3/h5-10H,4,11-12H2,1-3H3,(H,18,21). The lowest BCUT2D eigenvalue weighted by atomic mass is 10.3. The number of hydrogen-bond donors (Lipinski definition) is 1. The van der Waals surface area contributed by atoms with Gasteiger partial charge < -0.3 is 14.6 Å². The molecule has 1 heterocycles. The maximum absolute atomic E-state index is 12.2. The fraction of sp³-hybridized carbons (Fsp3) is 0.375. The average molecular weight is 302 g/mol. The Balaban J connectivity index is 1.96. The monoisotopic (exact) mass is 302 g/mol. The quantitative estimate of drug-likeness (QED) is 0.848. The number of carbonyl (C=O) groups excluding carboxylic acids is 1. The molecule has 0 unspecified atom stereocenters. The van der Waals surface area contributed by atoms with Crippen molar-refractivity contribution in [2.75, 3.05) is 25.5 Å². The number of carbonyl (C=O) groups is 1. The lowest BCUT2D eigenvalue weighted by molar-refractivity contribution is -0.117. The number of aryl methyl sites for hydroxylation is 1. The maximum Gasteiger partial charge on any atom is 0.238 e. The van der Waals surface area contributed by atoms with Gasteiger partial charge in [0.25, 0.3) is 0 Å². The summed E-state index contributed by atoms with van der Waals surface area (Å²) in [7, 11) is 3.54. The fourth-order valence-corrected chi connectivity index (χ4v) is 2.17. The van der Waals surface area contributed by atoms with Gasteiger partial charge in [0, 0.05) is 19.4 Å². The minimum atomic E-state index is -0.0689. The van der Waals surface area contributed by atoms with Gasteiger partial charge in [-0.3, -0.25) is 9.69 Å². The zero-order valence-corrected chi connectivity index (χ0v) is 13.2. The zero-order valence-electron chi connectivity index (χ0n) is 13.2. The highest BCUT2D eigenvalue weighted by Crippen LogP contribution is 2.22. The molecule has 118 valence electrons. The van der Waals surface area contributed by atoms with Gasteiger partial charge in [-0.25, -0.2) is 4.98 Å². The molecule has 0 radical (unpaired) electrons. The molecular weight excluding hydrogens is 280 g/mol. The van der Waals surface area contributed by atoms with Gasteiger partial charge in [-0.15, -0.1) is 0 Å². The molecule has 22 heavy (non-hydrogen) atoms. The van der Waals surface area contributed by atoms with Crippen LogP contribution in [0.4, 0.5) is 5.69 Å². The van der Waals surface area contributed by atoms with E-state index < -0.39 is 0 Å². The highest BCUT2D eigenvalue weighted by Gasteiger charge is 2.13. The Kier molecular flexibility index (Phi) is 5.55. The number of rotatable bonds is 7. The lowest BCUT2D eigenvalue weighted by Crippen LogP contribution is -2.33. The van der Waals surface area contributed by atoms with Crippen LogP contribution in [0.3, 0.4) is 0 Å². The maximum atomic E-state index is 12.2. The molecule has 1 aromatic carbocycles. The largest absolute Gasteiger partial charge is 0.495 e. The van der Waals surface area contributed by atoms with Gasteiger partial charge in [0.2, 0.25) is 5.91 Å². The van der Waals surface area contributed by atoms with Crippen molar-refractivity contribution < 1.29 is 9.53 Å². The molecule has 2 aromatic rings. The Labute approximate surface area is 130 Å². The Bertz CT molecular complexity index is 624. The van der Waals surface area contributed by atoms with Gasteiger partial charge in [-0.05, 0) is 18.7 Å². The number of imidazole rings is 1. The Morgan fingerprint density at radius 1 is 1.41 bits per heavy atom. The number of benzene rings is 1. The van der Waals surface area contributed by atoms with Crippen LogP contribution in [0.25, 0.3) is 0 Å². The topological polar surface area (TPSA) is 59.4 Å². The summed E-state index contributed by atoms with van der Waals surface area (Å²) in [6, 6.07) is 7.38. The third kappa shape index (κ3) is 4.08. The first-order chi connectivity index (χ1) is 10.6. The molecule has 6 heteroatoms. The van der Waals surface area contributed by atoms with Gasteiger partial charge in [0.05, 0.1) is 25.9 Å². The van der Waals surface area contributed by atoms with E-state index in [0.29, 0.717) is 24.5 Å². The van der Waals surface area contributed by atoms with Crippen molar-refractivity contribution in [3.8, 4) is 5.75 Å². The minimum Gasteiger partial charge on any atom is -0.495 e. The van der Waals surface area contributed by atoms with Crippen molar-refractivity contribution in [1.29, 1.82) is 0 Å². The predicted molar refractivity (Wildman–Crippen MR) is 85.8 cm³/mol. The predicted octanol–water partition coefficient (Wildman–Crippen LogP) is 1.89. The molecule has 0 atom stereocenters. The van der Waals surface area contributed by atoms with Crippen LogP contribution >= 0.6 is 0 Å². The van der Waals surface area contributed by atoms with E-state index in [-0.39, 0.29) is 5.91 Å². The molecule has 0 saturated heterocycles. The summed E-state index contributed by atoms with van der Waals surface area (Å²) in [6.45, 7) is 3.74. The van der Waals surface area contributed by atoms with Gasteiger partial charge in [0.1, 0.15) is 11.6 Å². The third-order valence-electron chi connectivity index (χ3n) is 3.48. The molecule has 0 aliphatic carbocycles.